The zero-order chi connectivity index (χ0) is 14.0. The maximum atomic E-state index is 12.4. The molecule has 1 atom stereocenters. The summed E-state index contributed by atoms with van der Waals surface area (Å²) in [6, 6.07) is 5.21. The highest BCUT2D eigenvalue weighted by Crippen LogP contribution is 2.27. The summed E-state index contributed by atoms with van der Waals surface area (Å²) < 4.78 is 30.9. The van der Waals surface area contributed by atoms with Crippen LogP contribution in [-0.2, 0) is 14.8 Å². The molecule has 0 saturated carbocycles. The second kappa shape index (κ2) is 5.21. The number of hydrogen-bond acceptors (Lipinski definition) is 6. The van der Waals surface area contributed by atoms with E-state index >= 15 is 0 Å². The summed E-state index contributed by atoms with van der Waals surface area (Å²) in [7, 11) is -4.00. The summed E-state index contributed by atoms with van der Waals surface area (Å²) in [5, 5.41) is 10.9. The number of rotatable bonds is 3. The van der Waals surface area contributed by atoms with Crippen LogP contribution in [0.5, 0.6) is 0 Å². The number of morpholine rings is 1. The summed E-state index contributed by atoms with van der Waals surface area (Å²) in [5.74, 6) is 0. The first-order valence-corrected chi connectivity index (χ1v) is 6.97. The van der Waals surface area contributed by atoms with Crippen molar-refractivity contribution in [1.82, 2.24) is 4.31 Å². The molecule has 8 nitrogen and oxygen atoms in total. The van der Waals surface area contributed by atoms with E-state index in [0.717, 1.165) is 10.4 Å². The Morgan fingerprint density at radius 1 is 1.42 bits per heavy atom. The molecular formula is C10H13N3O5S. The lowest BCUT2D eigenvalue weighted by molar-refractivity contribution is -0.387. The maximum absolute atomic E-state index is 12.4. The van der Waals surface area contributed by atoms with Crippen molar-refractivity contribution in [3.05, 3.63) is 34.4 Å². The normalized spacial score (nSPS) is 21.2. The molecule has 19 heavy (non-hydrogen) atoms. The zero-order valence-electron chi connectivity index (χ0n) is 9.93. The van der Waals surface area contributed by atoms with E-state index in [9.17, 15) is 18.5 Å². The summed E-state index contributed by atoms with van der Waals surface area (Å²) in [6.45, 7) is 0.364. The monoisotopic (exact) mass is 287 g/mol. The number of nitro groups is 1. The van der Waals surface area contributed by atoms with Crippen LogP contribution < -0.4 is 5.73 Å². The van der Waals surface area contributed by atoms with Crippen LogP contribution in [0.4, 0.5) is 5.69 Å². The van der Waals surface area contributed by atoms with Crippen molar-refractivity contribution >= 4 is 15.7 Å². The third-order valence-corrected chi connectivity index (χ3v) is 4.73. The molecular weight excluding hydrogens is 274 g/mol. The highest BCUT2D eigenvalue weighted by molar-refractivity contribution is 7.89. The van der Waals surface area contributed by atoms with Crippen molar-refractivity contribution < 1.29 is 18.1 Å². The first kappa shape index (κ1) is 13.9. The van der Waals surface area contributed by atoms with Crippen molar-refractivity contribution in [2.45, 2.75) is 11.1 Å². The molecule has 0 aromatic heterocycles. The zero-order valence-corrected chi connectivity index (χ0v) is 10.7. The predicted octanol–water partition coefficient (Wildman–Crippen LogP) is -0.0995. The first-order valence-electron chi connectivity index (χ1n) is 5.53. The van der Waals surface area contributed by atoms with Crippen molar-refractivity contribution in [1.29, 1.82) is 0 Å². The van der Waals surface area contributed by atoms with Crippen LogP contribution in [0.1, 0.15) is 0 Å². The lowest BCUT2D eigenvalue weighted by Gasteiger charge is -2.31. The maximum Gasteiger partial charge on any atom is 0.289 e. The largest absolute Gasteiger partial charge is 0.377 e. The lowest BCUT2D eigenvalue weighted by atomic mass is 10.3. The van der Waals surface area contributed by atoms with E-state index in [0.29, 0.717) is 0 Å². The van der Waals surface area contributed by atoms with E-state index in [2.05, 4.69) is 0 Å². The Hall–Kier alpha value is -1.55. The molecule has 1 aromatic carbocycles. The van der Waals surface area contributed by atoms with E-state index in [4.69, 9.17) is 10.5 Å². The average molecular weight is 287 g/mol. The molecule has 1 saturated heterocycles. The van der Waals surface area contributed by atoms with Gasteiger partial charge in [-0.2, -0.15) is 4.31 Å². The van der Waals surface area contributed by atoms with Gasteiger partial charge in [0.25, 0.3) is 15.7 Å². The number of nitrogens with zero attached hydrogens (tertiary/aromatic N) is 2. The third kappa shape index (κ3) is 2.59. The molecule has 2 N–H and O–H groups in total. The Labute approximate surface area is 110 Å². The fraction of sp³-hybridized carbons (Fsp3) is 0.400. The van der Waals surface area contributed by atoms with Crippen LogP contribution in [0.3, 0.4) is 0 Å². The van der Waals surface area contributed by atoms with Crippen molar-refractivity contribution in [3.63, 3.8) is 0 Å². The number of para-hydroxylation sites is 1. The van der Waals surface area contributed by atoms with Crippen LogP contribution in [0.25, 0.3) is 0 Å². The van der Waals surface area contributed by atoms with Crippen LogP contribution in [0, 0.1) is 10.1 Å². The Balaban J connectivity index is 2.47. The summed E-state index contributed by atoms with van der Waals surface area (Å²) in [4.78, 5) is 9.83. The van der Waals surface area contributed by atoms with Gasteiger partial charge in [-0.3, -0.25) is 10.1 Å². The van der Waals surface area contributed by atoms with Gasteiger partial charge in [-0.05, 0) is 6.07 Å². The minimum Gasteiger partial charge on any atom is -0.377 e. The quantitative estimate of drug-likeness (QED) is 0.613. The highest BCUT2D eigenvalue weighted by atomic mass is 32.2. The van der Waals surface area contributed by atoms with Crippen molar-refractivity contribution in [2.24, 2.45) is 5.73 Å². The van der Waals surface area contributed by atoms with E-state index in [1.54, 1.807) is 0 Å². The van der Waals surface area contributed by atoms with Gasteiger partial charge < -0.3 is 10.5 Å². The number of hydrogen-bond donors (Lipinski definition) is 1. The molecule has 0 radical (unpaired) electrons. The van der Waals surface area contributed by atoms with E-state index in [1.165, 1.54) is 18.2 Å². The molecule has 104 valence electrons. The number of sulfonamides is 1. The molecule has 9 heteroatoms. The van der Waals surface area contributed by atoms with Gasteiger partial charge in [-0.25, -0.2) is 8.42 Å². The van der Waals surface area contributed by atoms with Gasteiger partial charge in [0.15, 0.2) is 4.90 Å². The Bertz CT molecular complexity index is 589. The molecule has 1 unspecified atom stereocenters. The van der Waals surface area contributed by atoms with Crippen molar-refractivity contribution in [3.8, 4) is 0 Å². The van der Waals surface area contributed by atoms with Gasteiger partial charge in [-0.1, -0.05) is 12.1 Å². The molecule has 0 spiro atoms. The average Bonchev–Trinajstić information content (AvgIpc) is 2.39. The van der Waals surface area contributed by atoms with Gasteiger partial charge >= 0.3 is 0 Å². The molecule has 1 aliphatic heterocycles. The third-order valence-electron chi connectivity index (χ3n) is 2.76. The summed E-state index contributed by atoms with van der Waals surface area (Å²) in [6.07, 6.45) is -0.835. The van der Waals surface area contributed by atoms with Crippen LogP contribution in [-0.4, -0.2) is 43.6 Å². The lowest BCUT2D eigenvalue weighted by Crippen LogP contribution is -2.53. The first-order chi connectivity index (χ1) is 8.94. The van der Waals surface area contributed by atoms with Crippen LogP contribution >= 0.6 is 0 Å². The van der Waals surface area contributed by atoms with Gasteiger partial charge in [0.2, 0.25) is 0 Å². The van der Waals surface area contributed by atoms with Crippen LogP contribution in [0.15, 0.2) is 29.2 Å². The minimum absolute atomic E-state index is 0.0693. The number of nitrogens with two attached hydrogens (primary N) is 1. The smallest absolute Gasteiger partial charge is 0.289 e. The molecule has 1 aromatic rings. The van der Waals surface area contributed by atoms with Gasteiger partial charge in [0, 0.05) is 12.6 Å². The van der Waals surface area contributed by atoms with E-state index in [-0.39, 0.29) is 24.7 Å². The summed E-state index contributed by atoms with van der Waals surface area (Å²) >= 11 is 0. The topological polar surface area (TPSA) is 116 Å². The molecule has 0 amide bonds. The summed E-state index contributed by atoms with van der Waals surface area (Å²) in [5.41, 5.74) is 5.22. The second-order valence-electron chi connectivity index (χ2n) is 3.98. The molecule has 1 aliphatic rings. The van der Waals surface area contributed by atoms with E-state index in [1.807, 2.05) is 0 Å². The molecule has 1 heterocycles. The molecule has 2 rings (SSSR count). The number of ether oxygens (including phenoxy) is 1. The van der Waals surface area contributed by atoms with Gasteiger partial charge in [0.1, 0.15) is 0 Å². The van der Waals surface area contributed by atoms with Crippen molar-refractivity contribution in [2.75, 3.05) is 19.8 Å². The SMILES string of the molecule is NC1COCCN1S(=O)(=O)c1ccccc1[N+](=O)[O-]. The fourth-order valence-electron chi connectivity index (χ4n) is 1.86. The number of nitro benzene ring substituents is 1. The fourth-order valence-corrected chi connectivity index (χ4v) is 3.50. The predicted molar refractivity (Wildman–Crippen MR) is 65.8 cm³/mol. The Morgan fingerprint density at radius 3 is 2.74 bits per heavy atom. The standard InChI is InChI=1S/C10H13N3O5S/c11-10-7-18-6-5-12(10)19(16,17)9-4-2-1-3-8(9)13(14)15/h1-4,10H,5-7,11H2. The molecule has 0 aliphatic carbocycles. The molecule has 0 bridgehead atoms. The molecule has 1 fully saturated rings. The van der Waals surface area contributed by atoms with E-state index < -0.39 is 26.8 Å². The van der Waals surface area contributed by atoms with Crippen LogP contribution in [0.2, 0.25) is 0 Å². The van der Waals surface area contributed by atoms with Gasteiger partial charge in [-0.15, -0.1) is 0 Å². The highest BCUT2D eigenvalue weighted by Gasteiger charge is 2.36. The number of benzene rings is 1. The Morgan fingerprint density at radius 2 is 2.11 bits per heavy atom. The second-order valence-corrected chi connectivity index (χ2v) is 5.84. The van der Waals surface area contributed by atoms with Gasteiger partial charge in [0.05, 0.1) is 24.3 Å². The minimum atomic E-state index is -4.00. The Kier molecular flexibility index (Phi) is 3.80.